The third-order valence-electron chi connectivity index (χ3n) is 8.95. The van der Waals surface area contributed by atoms with Crippen LogP contribution >= 0.6 is 0 Å². The quantitative estimate of drug-likeness (QED) is 0.572. The van der Waals surface area contributed by atoms with Crippen LogP contribution in [0.15, 0.2) is 12.3 Å². The van der Waals surface area contributed by atoms with Gasteiger partial charge < -0.3 is 15.3 Å². The van der Waals surface area contributed by atoms with Gasteiger partial charge in [-0.25, -0.2) is 14.5 Å². The molecule has 4 aliphatic rings. The molecule has 3 aromatic heterocycles. The molecule has 9 nitrogen and oxygen atoms in total. The van der Waals surface area contributed by atoms with Crippen LogP contribution in [0.25, 0.3) is 11.0 Å². The lowest BCUT2D eigenvalue weighted by Crippen LogP contribution is -2.57. The molecule has 7 rings (SSSR count). The van der Waals surface area contributed by atoms with E-state index in [9.17, 15) is 9.90 Å². The van der Waals surface area contributed by atoms with E-state index < -0.39 is 6.09 Å². The summed E-state index contributed by atoms with van der Waals surface area (Å²) in [7, 11) is 0. The SMILES string of the molecule is CCn1ncc2c(N3CCc4c(c(C)nn4CC45CCC(NC(=O)O)(CC4)CC5)C3)cc(C)nc21. The van der Waals surface area contributed by atoms with Crippen LogP contribution in [0.2, 0.25) is 0 Å². The largest absolute Gasteiger partial charge is 0.465 e. The van der Waals surface area contributed by atoms with Crippen molar-refractivity contribution in [1.82, 2.24) is 29.9 Å². The van der Waals surface area contributed by atoms with Crippen molar-refractivity contribution in [3.05, 3.63) is 34.9 Å². The molecule has 0 unspecified atom stereocenters. The molecule has 0 spiro atoms. The Hall–Kier alpha value is -3.10. The molecule has 3 saturated carbocycles. The Morgan fingerprint density at radius 3 is 2.57 bits per heavy atom. The van der Waals surface area contributed by atoms with Gasteiger partial charge in [-0.2, -0.15) is 10.2 Å². The van der Waals surface area contributed by atoms with Crippen LogP contribution in [0.4, 0.5) is 10.5 Å². The Labute approximate surface area is 205 Å². The normalized spacial score (nSPS) is 25.7. The number of fused-ring (bicyclic) bond motifs is 5. The fourth-order valence-electron chi connectivity index (χ4n) is 6.88. The molecule has 0 radical (unpaired) electrons. The fraction of sp³-hybridized carbons (Fsp3) is 0.615. The molecule has 35 heavy (non-hydrogen) atoms. The van der Waals surface area contributed by atoms with Crippen LogP contribution in [-0.2, 0) is 26.1 Å². The Bertz CT molecular complexity index is 1280. The number of amides is 1. The molecule has 2 bridgehead atoms. The maximum Gasteiger partial charge on any atom is 0.405 e. The zero-order valence-electron chi connectivity index (χ0n) is 21.0. The van der Waals surface area contributed by atoms with Crippen molar-refractivity contribution >= 4 is 22.8 Å². The molecule has 186 valence electrons. The van der Waals surface area contributed by atoms with Gasteiger partial charge in [0.15, 0.2) is 5.65 Å². The first kappa shape index (κ1) is 22.4. The second-order valence-electron chi connectivity index (χ2n) is 11.0. The summed E-state index contributed by atoms with van der Waals surface area (Å²) in [4.78, 5) is 18.5. The Morgan fingerprint density at radius 2 is 1.89 bits per heavy atom. The first-order valence-corrected chi connectivity index (χ1v) is 12.9. The number of nitrogens with zero attached hydrogens (tertiary/aromatic N) is 6. The molecule has 3 fully saturated rings. The molecular formula is C26H35N7O2. The average molecular weight is 478 g/mol. The summed E-state index contributed by atoms with van der Waals surface area (Å²) in [6.45, 7) is 9.87. The summed E-state index contributed by atoms with van der Waals surface area (Å²) in [5, 5.41) is 22.8. The lowest BCUT2D eigenvalue weighted by atomic mass is 9.57. The molecule has 4 heterocycles. The first-order valence-electron chi connectivity index (χ1n) is 12.9. The van der Waals surface area contributed by atoms with E-state index >= 15 is 0 Å². The van der Waals surface area contributed by atoms with Gasteiger partial charge in [0.1, 0.15) is 0 Å². The number of aromatic nitrogens is 5. The van der Waals surface area contributed by atoms with Gasteiger partial charge in [-0.15, -0.1) is 0 Å². The molecule has 1 amide bonds. The Kier molecular flexibility index (Phi) is 5.09. The Balaban J connectivity index is 1.24. The van der Waals surface area contributed by atoms with Crippen LogP contribution in [0.5, 0.6) is 0 Å². The minimum Gasteiger partial charge on any atom is -0.465 e. The number of carboxylic acid groups (broad SMARTS) is 1. The van der Waals surface area contributed by atoms with Gasteiger partial charge >= 0.3 is 6.09 Å². The number of carbonyl (C=O) groups is 1. The van der Waals surface area contributed by atoms with Gasteiger partial charge in [0.2, 0.25) is 0 Å². The van der Waals surface area contributed by atoms with E-state index in [2.05, 4.69) is 46.8 Å². The van der Waals surface area contributed by atoms with E-state index in [0.29, 0.717) is 0 Å². The summed E-state index contributed by atoms with van der Waals surface area (Å²) >= 11 is 0. The van der Waals surface area contributed by atoms with Crippen LogP contribution in [-0.4, -0.2) is 47.8 Å². The summed E-state index contributed by atoms with van der Waals surface area (Å²) in [5.41, 5.74) is 7.09. The number of anilines is 1. The van der Waals surface area contributed by atoms with Gasteiger partial charge in [0, 0.05) is 55.1 Å². The monoisotopic (exact) mass is 477 g/mol. The molecule has 0 saturated heterocycles. The van der Waals surface area contributed by atoms with Gasteiger partial charge in [-0.05, 0) is 70.8 Å². The molecule has 1 aliphatic heterocycles. The van der Waals surface area contributed by atoms with Gasteiger partial charge in [-0.1, -0.05) is 0 Å². The van der Waals surface area contributed by atoms with E-state index in [1.54, 1.807) is 0 Å². The van der Waals surface area contributed by atoms with E-state index in [1.165, 1.54) is 16.9 Å². The van der Waals surface area contributed by atoms with Crippen molar-refractivity contribution in [3.63, 3.8) is 0 Å². The second-order valence-corrected chi connectivity index (χ2v) is 11.0. The zero-order chi connectivity index (χ0) is 24.4. The second kappa shape index (κ2) is 7.96. The van der Waals surface area contributed by atoms with Crippen LogP contribution in [0, 0.1) is 19.3 Å². The number of rotatable bonds is 5. The molecule has 3 aliphatic carbocycles. The van der Waals surface area contributed by atoms with E-state index in [-0.39, 0.29) is 11.0 Å². The fourth-order valence-corrected chi connectivity index (χ4v) is 6.88. The lowest BCUT2D eigenvalue weighted by Gasteiger charge is -2.53. The zero-order valence-corrected chi connectivity index (χ0v) is 21.0. The van der Waals surface area contributed by atoms with Crippen LogP contribution < -0.4 is 10.2 Å². The number of hydrogen-bond acceptors (Lipinski definition) is 5. The Morgan fingerprint density at radius 1 is 1.14 bits per heavy atom. The summed E-state index contributed by atoms with van der Waals surface area (Å²) in [6, 6.07) is 2.19. The van der Waals surface area contributed by atoms with Crippen molar-refractivity contribution in [2.45, 2.75) is 90.9 Å². The third kappa shape index (κ3) is 3.67. The number of nitrogens with one attached hydrogen (secondary N) is 1. The highest BCUT2D eigenvalue weighted by Crippen LogP contribution is 2.53. The lowest BCUT2D eigenvalue weighted by molar-refractivity contribution is 0.00945. The minimum absolute atomic E-state index is 0.201. The van der Waals surface area contributed by atoms with Gasteiger partial charge in [0.25, 0.3) is 0 Å². The summed E-state index contributed by atoms with van der Waals surface area (Å²) < 4.78 is 4.27. The van der Waals surface area contributed by atoms with Crippen molar-refractivity contribution in [2.24, 2.45) is 5.41 Å². The highest BCUT2D eigenvalue weighted by atomic mass is 16.4. The van der Waals surface area contributed by atoms with Gasteiger partial charge in [-0.3, -0.25) is 4.68 Å². The average Bonchev–Trinajstić information content (AvgIpc) is 3.39. The van der Waals surface area contributed by atoms with E-state index in [1.807, 2.05) is 10.9 Å². The highest BCUT2D eigenvalue weighted by molar-refractivity contribution is 5.89. The van der Waals surface area contributed by atoms with Crippen molar-refractivity contribution < 1.29 is 9.90 Å². The highest BCUT2D eigenvalue weighted by Gasteiger charge is 2.49. The van der Waals surface area contributed by atoms with Crippen LogP contribution in [0.1, 0.15) is 68.1 Å². The maximum atomic E-state index is 11.3. The third-order valence-corrected chi connectivity index (χ3v) is 8.95. The predicted octanol–water partition coefficient (Wildman–Crippen LogP) is 4.19. The predicted molar refractivity (Wildman–Crippen MR) is 134 cm³/mol. The van der Waals surface area contributed by atoms with Crippen molar-refractivity contribution in [3.8, 4) is 0 Å². The number of aryl methyl sites for hydroxylation is 3. The molecule has 9 heteroatoms. The number of pyridine rings is 1. The molecule has 0 aromatic carbocycles. The molecule has 2 N–H and O–H groups in total. The minimum atomic E-state index is -0.885. The molecule has 0 atom stereocenters. The van der Waals surface area contributed by atoms with Crippen molar-refractivity contribution in [1.29, 1.82) is 0 Å². The molecule has 3 aromatic rings. The summed E-state index contributed by atoms with van der Waals surface area (Å²) in [5.74, 6) is 0. The summed E-state index contributed by atoms with van der Waals surface area (Å²) in [6.07, 6.45) is 8.09. The smallest absolute Gasteiger partial charge is 0.405 e. The first-order chi connectivity index (χ1) is 16.8. The van der Waals surface area contributed by atoms with Crippen molar-refractivity contribution in [2.75, 3.05) is 11.4 Å². The van der Waals surface area contributed by atoms with E-state index in [0.717, 1.165) is 93.5 Å². The topological polar surface area (TPSA) is 101 Å². The number of hydrogen-bond donors (Lipinski definition) is 2. The van der Waals surface area contributed by atoms with Crippen LogP contribution in [0.3, 0.4) is 0 Å². The molecular weight excluding hydrogens is 442 g/mol. The maximum absolute atomic E-state index is 11.3. The van der Waals surface area contributed by atoms with E-state index in [4.69, 9.17) is 10.1 Å². The standard InChI is InChI=1S/C26H35N7O2/c1-4-32-23-19(14-27-32)22(13-17(2)28-23)31-12-5-21-20(15-31)18(3)30-33(21)16-25-6-9-26(10-7-25,11-8-25)29-24(34)35/h13-14,29H,4-12,15-16H2,1-3H3,(H,34,35). The van der Waals surface area contributed by atoms with Gasteiger partial charge in [0.05, 0.1) is 23.0 Å².